The molecule has 0 bridgehead atoms. The highest BCUT2D eigenvalue weighted by Gasteiger charge is 2.14. The minimum absolute atomic E-state index is 0.443. The van der Waals surface area contributed by atoms with Crippen molar-refractivity contribution in [3.05, 3.63) is 78.6 Å². The van der Waals surface area contributed by atoms with Crippen molar-refractivity contribution in [2.24, 2.45) is 0 Å². The van der Waals surface area contributed by atoms with Crippen molar-refractivity contribution in [2.75, 3.05) is 18.4 Å². The van der Waals surface area contributed by atoms with Crippen LogP contribution in [0.5, 0.6) is 11.6 Å². The van der Waals surface area contributed by atoms with Crippen LogP contribution < -0.4 is 10.1 Å². The number of hydrogen-bond acceptors (Lipinski definition) is 8. The zero-order chi connectivity index (χ0) is 24.5. The van der Waals surface area contributed by atoms with Crippen molar-refractivity contribution < 1.29 is 9.53 Å². The summed E-state index contributed by atoms with van der Waals surface area (Å²) in [5.74, 6) is 1.84. The first-order chi connectivity index (χ1) is 17.7. The first kappa shape index (κ1) is 21.7. The molecule has 0 atom stereocenters. The van der Waals surface area contributed by atoms with Crippen LogP contribution in [0.25, 0.3) is 22.1 Å². The van der Waals surface area contributed by atoms with E-state index < -0.39 is 0 Å². The highest BCUT2D eigenvalue weighted by atomic mass is 16.5. The number of ether oxygens (including phenoxy) is 1. The Morgan fingerprint density at radius 3 is 2.89 bits per heavy atom. The van der Waals surface area contributed by atoms with Gasteiger partial charge < -0.3 is 15.0 Å². The normalized spacial score (nSPS) is 13.6. The van der Waals surface area contributed by atoms with Gasteiger partial charge in [-0.25, -0.2) is 15.0 Å². The van der Waals surface area contributed by atoms with Crippen LogP contribution in [0, 0.1) is 6.92 Å². The molecule has 1 aliphatic rings. The Hall–Kier alpha value is -4.86. The fourth-order valence-corrected chi connectivity index (χ4v) is 4.28. The van der Waals surface area contributed by atoms with E-state index >= 15 is 0 Å². The first-order valence-electron chi connectivity index (χ1n) is 11.5. The van der Waals surface area contributed by atoms with Gasteiger partial charge >= 0.3 is 0 Å². The van der Waals surface area contributed by atoms with Crippen molar-refractivity contribution in [2.45, 2.75) is 13.3 Å². The molecule has 1 N–H and O–H groups in total. The van der Waals surface area contributed by atoms with Gasteiger partial charge in [0.2, 0.25) is 12.3 Å². The van der Waals surface area contributed by atoms with E-state index in [9.17, 15) is 4.79 Å². The predicted molar refractivity (Wildman–Crippen MR) is 135 cm³/mol. The summed E-state index contributed by atoms with van der Waals surface area (Å²) in [5.41, 5.74) is 5.49. The van der Waals surface area contributed by atoms with E-state index in [1.807, 2.05) is 37.3 Å². The Bertz CT molecular complexity index is 1630. The minimum Gasteiger partial charge on any atom is -0.439 e. The van der Waals surface area contributed by atoms with Crippen molar-refractivity contribution in [1.29, 1.82) is 0 Å². The lowest BCUT2D eigenvalue weighted by Gasteiger charge is -2.23. The summed E-state index contributed by atoms with van der Waals surface area (Å²) in [6.45, 7) is 3.33. The summed E-state index contributed by atoms with van der Waals surface area (Å²) in [4.78, 5) is 26.3. The second-order valence-corrected chi connectivity index (χ2v) is 8.58. The Kier molecular flexibility index (Phi) is 5.45. The quantitative estimate of drug-likeness (QED) is 0.362. The molecule has 2 aromatic carbocycles. The third-order valence-corrected chi connectivity index (χ3v) is 6.15. The predicted octanol–water partition coefficient (Wildman–Crippen LogP) is 4.16. The van der Waals surface area contributed by atoms with Crippen molar-refractivity contribution in [3.8, 4) is 11.6 Å². The molecule has 10 nitrogen and oxygen atoms in total. The van der Waals surface area contributed by atoms with E-state index in [2.05, 4.69) is 42.6 Å². The van der Waals surface area contributed by atoms with Crippen LogP contribution in [-0.2, 0) is 4.79 Å². The first-order valence-corrected chi connectivity index (χ1v) is 11.5. The lowest BCUT2D eigenvalue weighted by molar-refractivity contribution is -0.117. The highest BCUT2D eigenvalue weighted by Crippen LogP contribution is 2.31. The monoisotopic (exact) mass is 478 g/mol. The van der Waals surface area contributed by atoms with Gasteiger partial charge in [-0.3, -0.25) is 9.20 Å². The van der Waals surface area contributed by atoms with Crippen molar-refractivity contribution in [1.82, 2.24) is 34.4 Å². The smallest absolute Gasteiger partial charge is 0.224 e. The van der Waals surface area contributed by atoms with Gasteiger partial charge in [-0.1, -0.05) is 12.1 Å². The largest absolute Gasteiger partial charge is 0.439 e. The molecule has 1 amide bonds. The molecule has 0 fully saturated rings. The number of aryl methyl sites for hydroxylation is 1. The van der Waals surface area contributed by atoms with Gasteiger partial charge in [-0.05, 0) is 60.4 Å². The number of benzene rings is 2. The molecule has 10 heteroatoms. The average Bonchev–Trinajstić information content (AvgIpc) is 3.38. The molecule has 3 aromatic heterocycles. The van der Waals surface area contributed by atoms with Gasteiger partial charge in [0.1, 0.15) is 30.5 Å². The number of nitrogens with zero attached hydrogens (tertiary/aromatic N) is 7. The van der Waals surface area contributed by atoms with Gasteiger partial charge in [-0.15, -0.1) is 10.2 Å². The molecule has 0 aliphatic carbocycles. The average molecular weight is 479 g/mol. The van der Waals surface area contributed by atoms with Gasteiger partial charge in [-0.2, -0.15) is 0 Å². The third kappa shape index (κ3) is 4.20. The third-order valence-electron chi connectivity index (χ3n) is 6.15. The molecular formula is C26H22N8O2. The molecule has 178 valence electrons. The van der Waals surface area contributed by atoms with E-state index in [-0.39, 0.29) is 0 Å². The second-order valence-electron chi connectivity index (χ2n) is 8.58. The van der Waals surface area contributed by atoms with Gasteiger partial charge in [0.05, 0.1) is 5.52 Å². The maximum atomic E-state index is 11.3. The highest BCUT2D eigenvalue weighted by molar-refractivity contribution is 5.93. The molecule has 0 saturated heterocycles. The van der Waals surface area contributed by atoms with Crippen LogP contribution in [0.4, 0.5) is 11.5 Å². The Morgan fingerprint density at radius 2 is 2.00 bits per heavy atom. The fraction of sp³-hybridized carbons (Fsp3) is 0.154. The van der Waals surface area contributed by atoms with Crippen molar-refractivity contribution in [3.63, 3.8) is 0 Å². The molecule has 6 rings (SSSR count). The van der Waals surface area contributed by atoms with Gasteiger partial charge in [0.15, 0.2) is 5.65 Å². The van der Waals surface area contributed by atoms with E-state index in [1.165, 1.54) is 0 Å². The van der Waals surface area contributed by atoms with E-state index in [1.54, 1.807) is 34.3 Å². The van der Waals surface area contributed by atoms with Crippen LogP contribution in [-0.4, -0.2) is 53.9 Å². The zero-order valence-corrected chi connectivity index (χ0v) is 19.5. The molecule has 36 heavy (non-hydrogen) atoms. The molecule has 0 radical (unpaired) electrons. The van der Waals surface area contributed by atoms with Gasteiger partial charge in [0.25, 0.3) is 0 Å². The Labute approximate surface area is 206 Å². The maximum Gasteiger partial charge on any atom is 0.224 e. The maximum absolute atomic E-state index is 11.3. The number of hydrogen-bond donors (Lipinski definition) is 1. The zero-order valence-electron chi connectivity index (χ0n) is 19.5. The molecule has 0 saturated carbocycles. The summed E-state index contributed by atoms with van der Waals surface area (Å²) in [5, 5.41) is 12.2. The SMILES string of the molecule is Cc1cc(Nc2ncnc3ccc(C4=CCCN(C=O)C4)cc23)ccc1Oc1cc2nncn2cn1. The lowest BCUT2D eigenvalue weighted by Crippen LogP contribution is -2.27. The van der Waals surface area contributed by atoms with Crippen molar-refractivity contribution >= 4 is 40.0 Å². The van der Waals surface area contributed by atoms with Crippen LogP contribution >= 0.6 is 0 Å². The number of fused-ring (bicyclic) bond motifs is 2. The fourth-order valence-electron chi connectivity index (χ4n) is 4.28. The summed E-state index contributed by atoms with van der Waals surface area (Å²) < 4.78 is 7.70. The summed E-state index contributed by atoms with van der Waals surface area (Å²) in [7, 11) is 0. The van der Waals surface area contributed by atoms with Crippen LogP contribution in [0.2, 0.25) is 0 Å². The summed E-state index contributed by atoms with van der Waals surface area (Å²) in [6, 6.07) is 13.7. The van der Waals surface area contributed by atoms with Gasteiger partial charge in [0, 0.05) is 30.2 Å². The van der Waals surface area contributed by atoms with Crippen LogP contribution in [0.1, 0.15) is 17.5 Å². The molecular weight excluding hydrogens is 456 g/mol. The topological polar surface area (TPSA) is 110 Å². The number of nitrogens with one attached hydrogen (secondary N) is 1. The molecule has 0 unspecified atom stereocenters. The second kappa shape index (κ2) is 9.06. The molecule has 1 aliphatic heterocycles. The number of rotatable bonds is 6. The standard InChI is InChI=1S/C26H22N8O2/c1-17-9-20(5-7-23(17)36-25-11-24-32-30-15-34(24)14-29-25)31-26-21-10-18(4-6-22(21)27-13-28-26)19-3-2-8-33(12-19)16-35/h3-7,9-11,13-16H,2,8,12H2,1H3,(H,27,28,31). The van der Waals surface area contributed by atoms with E-state index in [0.29, 0.717) is 29.6 Å². The minimum atomic E-state index is 0.443. The number of carbonyl (C=O) groups excluding carboxylic acids is 1. The van der Waals surface area contributed by atoms with E-state index in [4.69, 9.17) is 4.74 Å². The number of aromatic nitrogens is 6. The number of anilines is 2. The van der Waals surface area contributed by atoms with E-state index in [0.717, 1.165) is 52.7 Å². The molecule has 5 aromatic rings. The molecule has 0 spiro atoms. The lowest BCUT2D eigenvalue weighted by atomic mass is 9.99. The van der Waals surface area contributed by atoms with Crippen LogP contribution in [0.15, 0.2) is 67.5 Å². The Balaban J connectivity index is 1.26. The summed E-state index contributed by atoms with van der Waals surface area (Å²) in [6.07, 6.45) is 8.69. The Morgan fingerprint density at radius 1 is 1.06 bits per heavy atom. The summed E-state index contributed by atoms with van der Waals surface area (Å²) >= 11 is 0. The van der Waals surface area contributed by atoms with Crippen LogP contribution in [0.3, 0.4) is 0 Å². The number of carbonyl (C=O) groups is 1. The number of amides is 1. The molecule has 4 heterocycles.